The molecule has 0 unspecified atom stereocenters. The Morgan fingerprint density at radius 2 is 2.14 bits per heavy atom. The number of methoxy groups -OCH3 is 1. The molecule has 0 radical (unpaired) electrons. The molecule has 2 aromatic carbocycles. The molecule has 1 amide bonds. The first-order valence-corrected chi connectivity index (χ1v) is 6.31. The van der Waals surface area contributed by atoms with E-state index in [4.69, 9.17) is 21.6 Å². The van der Waals surface area contributed by atoms with Crippen molar-refractivity contribution in [1.82, 2.24) is 0 Å². The predicted molar refractivity (Wildman–Crippen MR) is 78.8 cm³/mol. The van der Waals surface area contributed by atoms with Gasteiger partial charge < -0.3 is 15.2 Å². The highest BCUT2D eigenvalue weighted by Crippen LogP contribution is 2.30. The van der Waals surface area contributed by atoms with Crippen molar-refractivity contribution in [3.63, 3.8) is 0 Å². The van der Waals surface area contributed by atoms with E-state index in [9.17, 15) is 9.90 Å². The topological polar surface area (TPSA) is 82.3 Å². The summed E-state index contributed by atoms with van der Waals surface area (Å²) in [7, 11) is 1.39. The molecule has 0 aliphatic carbocycles. The second-order valence-electron chi connectivity index (χ2n) is 4.12. The predicted octanol–water partition coefficient (Wildman–Crippen LogP) is 3.18. The van der Waals surface area contributed by atoms with E-state index in [1.165, 1.54) is 31.4 Å². The van der Waals surface area contributed by atoms with Crippen molar-refractivity contribution in [3.05, 3.63) is 52.5 Å². The van der Waals surface area contributed by atoms with Crippen LogP contribution in [-0.4, -0.2) is 18.1 Å². The lowest BCUT2D eigenvalue weighted by molar-refractivity contribution is 0.102. The number of carbonyl (C=O) groups is 1. The molecule has 2 N–H and O–H groups in total. The van der Waals surface area contributed by atoms with E-state index in [0.717, 1.165) is 0 Å². The molecule has 0 saturated heterocycles. The normalized spacial score (nSPS) is 9.76. The van der Waals surface area contributed by atoms with Gasteiger partial charge in [-0.3, -0.25) is 4.79 Å². The number of halogens is 1. The van der Waals surface area contributed by atoms with Gasteiger partial charge in [-0.2, -0.15) is 5.26 Å². The second-order valence-corrected chi connectivity index (χ2v) is 4.52. The molecule has 0 saturated carbocycles. The van der Waals surface area contributed by atoms with E-state index in [1.54, 1.807) is 12.1 Å². The third kappa shape index (κ3) is 3.07. The van der Waals surface area contributed by atoms with Gasteiger partial charge in [0.15, 0.2) is 11.5 Å². The van der Waals surface area contributed by atoms with Crippen LogP contribution in [0, 0.1) is 11.3 Å². The number of rotatable bonds is 3. The van der Waals surface area contributed by atoms with Crippen LogP contribution in [0.1, 0.15) is 15.9 Å². The molecule has 2 aromatic rings. The number of para-hydroxylation sites is 1. The number of phenolic OH excluding ortho intramolecular Hbond substituents is 1. The Hall–Kier alpha value is -2.71. The maximum atomic E-state index is 12.2. The molecule has 5 nitrogen and oxygen atoms in total. The lowest BCUT2D eigenvalue weighted by atomic mass is 10.1. The molecular formula is C15H11ClN2O3. The standard InChI is InChI=1S/C15H11ClN2O3/c1-21-13-4-2-3-10(14(13)19)15(20)18-12-7-9(8-17)5-6-11(12)16/h2-7,19H,1H3,(H,18,20). The molecule has 0 aliphatic rings. The Kier molecular flexibility index (Phi) is 4.31. The maximum absolute atomic E-state index is 12.2. The van der Waals surface area contributed by atoms with Crippen LogP contribution in [-0.2, 0) is 0 Å². The first kappa shape index (κ1) is 14.7. The lowest BCUT2D eigenvalue weighted by Crippen LogP contribution is -2.12. The van der Waals surface area contributed by atoms with Gasteiger partial charge >= 0.3 is 0 Å². The van der Waals surface area contributed by atoms with Gasteiger partial charge in [0, 0.05) is 0 Å². The Morgan fingerprint density at radius 3 is 2.81 bits per heavy atom. The Labute approximate surface area is 126 Å². The van der Waals surface area contributed by atoms with E-state index in [2.05, 4.69) is 5.32 Å². The minimum absolute atomic E-state index is 0.0489. The molecular weight excluding hydrogens is 292 g/mol. The molecule has 0 spiro atoms. The minimum Gasteiger partial charge on any atom is -0.504 e. The largest absolute Gasteiger partial charge is 0.504 e. The quantitative estimate of drug-likeness (QED) is 0.912. The van der Waals surface area contributed by atoms with Gasteiger partial charge in [0.05, 0.1) is 35.0 Å². The number of carbonyl (C=O) groups excluding carboxylic acids is 1. The van der Waals surface area contributed by atoms with E-state index in [-0.39, 0.29) is 17.1 Å². The third-order valence-electron chi connectivity index (χ3n) is 2.81. The summed E-state index contributed by atoms with van der Waals surface area (Å²) in [6.45, 7) is 0. The molecule has 6 heteroatoms. The van der Waals surface area contributed by atoms with Gasteiger partial charge in [-0.1, -0.05) is 17.7 Å². The number of nitrogens with one attached hydrogen (secondary N) is 1. The van der Waals surface area contributed by atoms with E-state index >= 15 is 0 Å². The first-order chi connectivity index (χ1) is 10.1. The summed E-state index contributed by atoms with van der Waals surface area (Å²) in [5, 5.41) is 21.6. The maximum Gasteiger partial charge on any atom is 0.259 e. The number of aromatic hydroxyl groups is 1. The summed E-state index contributed by atoms with van der Waals surface area (Å²) < 4.78 is 4.95. The van der Waals surface area contributed by atoms with Crippen molar-refractivity contribution in [2.45, 2.75) is 0 Å². The molecule has 0 atom stereocenters. The van der Waals surface area contributed by atoms with Crippen molar-refractivity contribution < 1.29 is 14.6 Å². The van der Waals surface area contributed by atoms with Gasteiger partial charge in [0.25, 0.3) is 5.91 Å². The second kappa shape index (κ2) is 6.16. The number of nitrogens with zero attached hydrogens (tertiary/aromatic N) is 1. The van der Waals surface area contributed by atoms with E-state index in [0.29, 0.717) is 16.3 Å². The fourth-order valence-corrected chi connectivity index (χ4v) is 1.92. The van der Waals surface area contributed by atoms with E-state index in [1.807, 2.05) is 6.07 Å². The van der Waals surface area contributed by atoms with Gasteiger partial charge in [-0.25, -0.2) is 0 Å². The molecule has 0 fully saturated rings. The summed E-state index contributed by atoms with van der Waals surface area (Å²) in [6, 6.07) is 11.0. The number of nitriles is 1. The number of anilines is 1. The van der Waals surface area contributed by atoms with Crippen LogP contribution in [0.15, 0.2) is 36.4 Å². The highest BCUT2D eigenvalue weighted by Gasteiger charge is 2.16. The summed E-state index contributed by atoms with van der Waals surface area (Å²) in [6.07, 6.45) is 0. The average Bonchev–Trinajstić information content (AvgIpc) is 2.49. The molecule has 0 aliphatic heterocycles. The van der Waals surface area contributed by atoms with Gasteiger partial charge in [0.1, 0.15) is 0 Å². The molecule has 0 aromatic heterocycles. The van der Waals surface area contributed by atoms with Crippen LogP contribution in [0.5, 0.6) is 11.5 Å². The highest BCUT2D eigenvalue weighted by atomic mass is 35.5. The highest BCUT2D eigenvalue weighted by molar-refractivity contribution is 6.34. The number of hydrogen-bond acceptors (Lipinski definition) is 4. The van der Waals surface area contributed by atoms with E-state index < -0.39 is 5.91 Å². The van der Waals surface area contributed by atoms with Crippen LogP contribution in [0.2, 0.25) is 5.02 Å². The van der Waals surface area contributed by atoms with Gasteiger partial charge in [-0.15, -0.1) is 0 Å². The van der Waals surface area contributed by atoms with Gasteiger partial charge in [-0.05, 0) is 30.3 Å². The van der Waals surface area contributed by atoms with Crippen LogP contribution in [0.4, 0.5) is 5.69 Å². The first-order valence-electron chi connectivity index (χ1n) is 5.93. The zero-order valence-corrected chi connectivity index (χ0v) is 11.8. The minimum atomic E-state index is -0.552. The Balaban J connectivity index is 2.33. The van der Waals surface area contributed by atoms with Gasteiger partial charge in [0.2, 0.25) is 0 Å². The van der Waals surface area contributed by atoms with Crippen molar-refractivity contribution in [3.8, 4) is 17.6 Å². The summed E-state index contributed by atoms with van der Waals surface area (Å²) in [5.74, 6) is -0.618. The number of hydrogen-bond donors (Lipinski definition) is 2. The number of phenols is 1. The van der Waals surface area contributed by atoms with Crippen molar-refractivity contribution in [2.75, 3.05) is 12.4 Å². The number of amides is 1. The average molecular weight is 303 g/mol. The summed E-state index contributed by atoms with van der Waals surface area (Å²) >= 11 is 5.97. The number of benzene rings is 2. The summed E-state index contributed by atoms with van der Waals surface area (Å²) in [4.78, 5) is 12.2. The Morgan fingerprint density at radius 1 is 1.38 bits per heavy atom. The molecule has 106 valence electrons. The fraction of sp³-hybridized carbons (Fsp3) is 0.0667. The zero-order valence-electron chi connectivity index (χ0n) is 11.1. The molecule has 2 rings (SSSR count). The Bertz CT molecular complexity index is 738. The van der Waals surface area contributed by atoms with Crippen LogP contribution in [0.3, 0.4) is 0 Å². The van der Waals surface area contributed by atoms with Crippen molar-refractivity contribution in [2.24, 2.45) is 0 Å². The van der Waals surface area contributed by atoms with Crippen molar-refractivity contribution >= 4 is 23.2 Å². The monoisotopic (exact) mass is 302 g/mol. The molecule has 21 heavy (non-hydrogen) atoms. The molecule has 0 heterocycles. The lowest BCUT2D eigenvalue weighted by Gasteiger charge is -2.10. The van der Waals surface area contributed by atoms with Crippen LogP contribution < -0.4 is 10.1 Å². The SMILES string of the molecule is COc1cccc(C(=O)Nc2cc(C#N)ccc2Cl)c1O. The van der Waals surface area contributed by atoms with Crippen molar-refractivity contribution in [1.29, 1.82) is 5.26 Å². The third-order valence-corrected chi connectivity index (χ3v) is 3.14. The van der Waals surface area contributed by atoms with Crippen LogP contribution >= 0.6 is 11.6 Å². The molecule has 0 bridgehead atoms. The zero-order chi connectivity index (χ0) is 15.4. The number of ether oxygens (including phenoxy) is 1. The summed E-state index contributed by atoms with van der Waals surface area (Å²) in [5.41, 5.74) is 0.709. The fourth-order valence-electron chi connectivity index (χ4n) is 1.75. The smallest absolute Gasteiger partial charge is 0.259 e. The van der Waals surface area contributed by atoms with Crippen LogP contribution in [0.25, 0.3) is 0 Å².